The Bertz CT molecular complexity index is 917. The van der Waals surface area contributed by atoms with E-state index < -0.39 is 0 Å². The molecule has 0 aliphatic heterocycles. The lowest BCUT2D eigenvalue weighted by Gasteiger charge is -2.24. The summed E-state index contributed by atoms with van der Waals surface area (Å²) in [4.78, 5) is 14.9. The number of carbonyl (C=O) groups is 1. The van der Waals surface area contributed by atoms with Crippen LogP contribution in [-0.2, 0) is 13.1 Å². The van der Waals surface area contributed by atoms with Crippen LogP contribution >= 0.6 is 0 Å². The second kappa shape index (κ2) is 10.0. The van der Waals surface area contributed by atoms with Crippen LogP contribution in [0.5, 0.6) is 0 Å². The number of carbonyl (C=O) groups excluding carboxylic acids is 1. The van der Waals surface area contributed by atoms with Gasteiger partial charge in [0.1, 0.15) is 11.6 Å². The molecule has 0 saturated carbocycles. The van der Waals surface area contributed by atoms with Gasteiger partial charge in [-0.3, -0.25) is 4.79 Å². The fourth-order valence-corrected chi connectivity index (χ4v) is 3.31. The smallest absolute Gasteiger partial charge is 0.254 e. The van der Waals surface area contributed by atoms with E-state index in [0.29, 0.717) is 25.2 Å². The molecule has 0 spiro atoms. The molecule has 1 aromatic heterocycles. The summed E-state index contributed by atoms with van der Waals surface area (Å²) in [6.07, 6.45) is 5.00. The number of rotatable bonds is 9. The third-order valence-electron chi connectivity index (χ3n) is 4.95. The molecule has 3 aromatic rings. The molecule has 5 heteroatoms. The molecule has 0 N–H and O–H groups in total. The van der Waals surface area contributed by atoms with Crippen molar-refractivity contribution in [1.82, 2.24) is 9.47 Å². The van der Waals surface area contributed by atoms with E-state index in [1.165, 1.54) is 36.4 Å². The highest BCUT2D eigenvalue weighted by Gasteiger charge is 2.17. The van der Waals surface area contributed by atoms with Crippen molar-refractivity contribution in [2.24, 2.45) is 0 Å². The van der Waals surface area contributed by atoms with Crippen LogP contribution in [0.15, 0.2) is 66.9 Å². The first-order chi connectivity index (χ1) is 14.1. The zero-order chi connectivity index (χ0) is 20.6. The lowest BCUT2D eigenvalue weighted by molar-refractivity contribution is 0.0736. The molecule has 3 nitrogen and oxygen atoms in total. The predicted molar refractivity (Wildman–Crippen MR) is 111 cm³/mol. The Kier molecular flexibility index (Phi) is 7.17. The number of amides is 1. The van der Waals surface area contributed by atoms with Crippen molar-refractivity contribution in [1.29, 1.82) is 0 Å². The van der Waals surface area contributed by atoms with Gasteiger partial charge in [0.25, 0.3) is 5.91 Å². The maximum Gasteiger partial charge on any atom is 0.254 e. The van der Waals surface area contributed by atoms with Crippen molar-refractivity contribution >= 4 is 5.91 Å². The summed E-state index contributed by atoms with van der Waals surface area (Å²) < 4.78 is 28.5. The first-order valence-corrected chi connectivity index (χ1v) is 10.00. The molecule has 0 bridgehead atoms. The van der Waals surface area contributed by atoms with Crippen molar-refractivity contribution in [3.63, 3.8) is 0 Å². The van der Waals surface area contributed by atoms with E-state index in [1.807, 2.05) is 23.2 Å². The molecule has 0 fully saturated rings. The minimum absolute atomic E-state index is 0.101. The molecule has 1 heterocycles. The molecule has 3 rings (SSSR count). The lowest BCUT2D eigenvalue weighted by atomic mass is 10.1. The minimum atomic E-state index is -0.354. The van der Waals surface area contributed by atoms with Crippen LogP contribution in [0, 0.1) is 11.6 Å². The van der Waals surface area contributed by atoms with Crippen molar-refractivity contribution in [2.75, 3.05) is 6.54 Å². The Morgan fingerprint density at radius 2 is 1.59 bits per heavy atom. The van der Waals surface area contributed by atoms with E-state index in [0.717, 1.165) is 30.5 Å². The summed E-state index contributed by atoms with van der Waals surface area (Å²) in [6.45, 7) is 3.84. The molecule has 29 heavy (non-hydrogen) atoms. The number of hydrogen-bond acceptors (Lipinski definition) is 1. The van der Waals surface area contributed by atoms with Gasteiger partial charge in [0.2, 0.25) is 0 Å². The predicted octanol–water partition coefficient (Wildman–Crippen LogP) is 5.65. The van der Waals surface area contributed by atoms with Crippen molar-refractivity contribution < 1.29 is 13.6 Å². The summed E-state index contributed by atoms with van der Waals surface area (Å²) in [5.41, 5.74) is 2.48. The van der Waals surface area contributed by atoms with E-state index in [2.05, 4.69) is 11.5 Å². The molecular formula is C24H26F2N2O. The van der Waals surface area contributed by atoms with Crippen LogP contribution in [0.2, 0.25) is 0 Å². The second-order valence-electron chi connectivity index (χ2n) is 7.19. The third kappa shape index (κ3) is 5.76. The molecule has 0 radical (unpaired) electrons. The van der Waals surface area contributed by atoms with Gasteiger partial charge in [0.05, 0.1) is 6.54 Å². The Hall–Kier alpha value is -2.95. The average Bonchev–Trinajstić information content (AvgIpc) is 3.16. The normalized spacial score (nSPS) is 10.9. The number of unbranched alkanes of at least 4 members (excludes halogenated alkanes) is 2. The second-order valence-corrected chi connectivity index (χ2v) is 7.19. The average molecular weight is 396 g/mol. The topological polar surface area (TPSA) is 25.2 Å². The van der Waals surface area contributed by atoms with E-state index in [1.54, 1.807) is 12.1 Å². The number of hydrogen-bond donors (Lipinski definition) is 0. The maximum atomic E-state index is 13.2. The van der Waals surface area contributed by atoms with Gasteiger partial charge in [0.15, 0.2) is 0 Å². The Labute approximate surface area is 170 Å². The molecule has 0 saturated heterocycles. The van der Waals surface area contributed by atoms with Gasteiger partial charge in [-0.2, -0.15) is 0 Å². The van der Waals surface area contributed by atoms with Gasteiger partial charge in [-0.05, 0) is 60.5 Å². The minimum Gasteiger partial charge on any atom is -0.345 e. The summed E-state index contributed by atoms with van der Waals surface area (Å²) in [6, 6.07) is 16.1. The number of halogens is 2. The summed E-state index contributed by atoms with van der Waals surface area (Å²) in [5.74, 6) is -0.712. The van der Waals surface area contributed by atoms with Crippen LogP contribution < -0.4 is 0 Å². The molecule has 2 aromatic carbocycles. The van der Waals surface area contributed by atoms with Gasteiger partial charge < -0.3 is 9.47 Å². The van der Waals surface area contributed by atoms with Crippen LogP contribution in [0.25, 0.3) is 0 Å². The first-order valence-electron chi connectivity index (χ1n) is 10.00. The highest BCUT2D eigenvalue weighted by molar-refractivity contribution is 5.94. The van der Waals surface area contributed by atoms with Gasteiger partial charge in [-0.25, -0.2) is 8.78 Å². The Morgan fingerprint density at radius 1 is 0.931 bits per heavy atom. The fraction of sp³-hybridized carbons (Fsp3) is 0.292. The molecule has 1 amide bonds. The molecule has 0 aliphatic rings. The van der Waals surface area contributed by atoms with Crippen molar-refractivity contribution in [3.05, 3.63) is 95.3 Å². The fourth-order valence-electron chi connectivity index (χ4n) is 3.31. The van der Waals surface area contributed by atoms with Crippen LogP contribution in [0.4, 0.5) is 8.78 Å². The maximum absolute atomic E-state index is 13.2. The van der Waals surface area contributed by atoms with E-state index in [9.17, 15) is 13.6 Å². The summed E-state index contributed by atoms with van der Waals surface area (Å²) in [7, 11) is 0. The van der Waals surface area contributed by atoms with Crippen molar-refractivity contribution in [3.8, 4) is 0 Å². The molecule has 0 unspecified atom stereocenters. The van der Waals surface area contributed by atoms with Crippen LogP contribution in [-0.4, -0.2) is 21.9 Å². The van der Waals surface area contributed by atoms with Crippen molar-refractivity contribution in [2.45, 2.75) is 39.3 Å². The number of benzene rings is 2. The van der Waals surface area contributed by atoms with E-state index in [-0.39, 0.29) is 17.5 Å². The van der Waals surface area contributed by atoms with Crippen LogP contribution in [0.1, 0.15) is 47.8 Å². The van der Waals surface area contributed by atoms with Gasteiger partial charge >= 0.3 is 0 Å². The lowest BCUT2D eigenvalue weighted by Crippen LogP contribution is -2.32. The molecule has 152 valence electrons. The summed E-state index contributed by atoms with van der Waals surface area (Å²) in [5, 5.41) is 0. The zero-order valence-electron chi connectivity index (χ0n) is 16.7. The van der Waals surface area contributed by atoms with Crippen LogP contribution in [0.3, 0.4) is 0 Å². The largest absolute Gasteiger partial charge is 0.345 e. The zero-order valence-corrected chi connectivity index (χ0v) is 16.7. The number of nitrogens with zero attached hydrogens (tertiary/aromatic N) is 2. The molecule has 0 aliphatic carbocycles. The highest BCUT2D eigenvalue weighted by Crippen LogP contribution is 2.15. The van der Waals surface area contributed by atoms with Gasteiger partial charge in [0, 0.05) is 30.5 Å². The van der Waals surface area contributed by atoms with E-state index >= 15 is 0 Å². The quantitative estimate of drug-likeness (QED) is 0.429. The molecule has 0 atom stereocenters. The summed E-state index contributed by atoms with van der Waals surface area (Å²) >= 11 is 0. The van der Waals surface area contributed by atoms with E-state index in [4.69, 9.17) is 0 Å². The highest BCUT2D eigenvalue weighted by atomic mass is 19.1. The Balaban J connectivity index is 1.77. The Morgan fingerprint density at radius 3 is 2.24 bits per heavy atom. The van der Waals surface area contributed by atoms with Gasteiger partial charge in [-0.15, -0.1) is 0 Å². The first kappa shape index (κ1) is 20.8. The molecular weight excluding hydrogens is 370 g/mol. The monoisotopic (exact) mass is 396 g/mol. The number of aromatic nitrogens is 1. The van der Waals surface area contributed by atoms with Gasteiger partial charge in [-0.1, -0.05) is 31.9 Å². The standard InChI is InChI=1S/C24H26F2N2O/c1-2-3-4-15-28(24(29)20-9-13-22(26)14-10-20)18-23-6-5-16-27(23)17-19-7-11-21(25)12-8-19/h5-14,16H,2-4,15,17-18H2,1H3. The third-order valence-corrected chi connectivity index (χ3v) is 4.95. The SMILES string of the molecule is CCCCCN(Cc1cccn1Cc1ccc(F)cc1)C(=O)c1ccc(F)cc1.